The molecule has 0 radical (unpaired) electrons. The summed E-state index contributed by atoms with van der Waals surface area (Å²) in [6.45, 7) is 6.22. The topological polar surface area (TPSA) is 62.4 Å². The summed E-state index contributed by atoms with van der Waals surface area (Å²) < 4.78 is 11.4. The van der Waals surface area contributed by atoms with Crippen molar-refractivity contribution in [1.82, 2.24) is 15.5 Å². The molecule has 1 aromatic heterocycles. The number of anilines is 1. The molecule has 6 nitrogen and oxygen atoms in total. The third-order valence-corrected chi connectivity index (χ3v) is 5.13. The monoisotopic (exact) mass is 342 g/mol. The first kappa shape index (κ1) is 16.6. The molecule has 6 heteroatoms. The van der Waals surface area contributed by atoms with Crippen molar-refractivity contribution >= 4 is 5.69 Å². The molecule has 3 heterocycles. The van der Waals surface area contributed by atoms with Gasteiger partial charge >= 0.3 is 0 Å². The van der Waals surface area contributed by atoms with Crippen LogP contribution >= 0.6 is 0 Å². The Morgan fingerprint density at radius 3 is 2.92 bits per heavy atom. The van der Waals surface area contributed by atoms with Gasteiger partial charge < -0.3 is 19.7 Å². The van der Waals surface area contributed by atoms with Gasteiger partial charge in [-0.15, -0.1) is 0 Å². The first-order valence-corrected chi connectivity index (χ1v) is 9.13. The number of hydrogen-bond acceptors (Lipinski definition) is 5. The van der Waals surface area contributed by atoms with Crippen LogP contribution in [0.3, 0.4) is 0 Å². The lowest BCUT2D eigenvalue weighted by Crippen LogP contribution is -2.37. The number of ether oxygens (including phenoxy) is 2. The van der Waals surface area contributed by atoms with Gasteiger partial charge in [0, 0.05) is 56.2 Å². The van der Waals surface area contributed by atoms with Crippen molar-refractivity contribution in [3.63, 3.8) is 0 Å². The molecule has 134 valence electrons. The van der Waals surface area contributed by atoms with E-state index in [1.165, 1.54) is 11.3 Å². The SMILES string of the molecule is c1ccc(N2CCOCC2)c(CNC[C@H]2CCO[C@@H]2c2cn[nH]c2)c1. The third-order valence-electron chi connectivity index (χ3n) is 5.13. The molecule has 25 heavy (non-hydrogen) atoms. The highest BCUT2D eigenvalue weighted by Gasteiger charge is 2.30. The summed E-state index contributed by atoms with van der Waals surface area (Å²) in [6.07, 6.45) is 5.06. The highest BCUT2D eigenvalue weighted by Crippen LogP contribution is 2.33. The zero-order valence-electron chi connectivity index (χ0n) is 14.5. The van der Waals surface area contributed by atoms with Crippen molar-refractivity contribution in [1.29, 1.82) is 0 Å². The maximum absolute atomic E-state index is 5.91. The highest BCUT2D eigenvalue weighted by molar-refractivity contribution is 5.53. The van der Waals surface area contributed by atoms with Gasteiger partial charge in [-0.05, 0) is 18.1 Å². The van der Waals surface area contributed by atoms with E-state index in [2.05, 4.69) is 44.7 Å². The zero-order valence-corrected chi connectivity index (χ0v) is 14.5. The van der Waals surface area contributed by atoms with Crippen LogP contribution in [-0.2, 0) is 16.0 Å². The highest BCUT2D eigenvalue weighted by atomic mass is 16.5. The van der Waals surface area contributed by atoms with Crippen LogP contribution in [0.5, 0.6) is 0 Å². The lowest BCUT2D eigenvalue weighted by Gasteiger charge is -2.30. The predicted molar refractivity (Wildman–Crippen MR) is 96.6 cm³/mol. The quantitative estimate of drug-likeness (QED) is 0.842. The molecule has 0 unspecified atom stereocenters. The molecular formula is C19H26N4O2. The van der Waals surface area contributed by atoms with Crippen molar-refractivity contribution in [2.75, 3.05) is 44.4 Å². The number of benzene rings is 1. The molecule has 0 saturated carbocycles. The Labute approximate surface area is 148 Å². The second-order valence-corrected chi connectivity index (χ2v) is 6.73. The molecule has 2 fully saturated rings. The Bertz CT molecular complexity index is 655. The summed E-state index contributed by atoms with van der Waals surface area (Å²) in [5, 5.41) is 10.6. The van der Waals surface area contributed by atoms with E-state index < -0.39 is 0 Å². The van der Waals surface area contributed by atoms with Gasteiger partial charge in [-0.2, -0.15) is 5.10 Å². The molecular weight excluding hydrogens is 316 g/mol. The number of nitrogens with one attached hydrogen (secondary N) is 2. The Kier molecular flexibility index (Phi) is 5.30. The van der Waals surface area contributed by atoms with Crippen molar-refractivity contribution in [2.24, 2.45) is 5.92 Å². The Balaban J connectivity index is 1.35. The number of para-hydroxylation sites is 1. The van der Waals surface area contributed by atoms with Crippen molar-refractivity contribution < 1.29 is 9.47 Å². The summed E-state index contributed by atoms with van der Waals surface area (Å²) in [4.78, 5) is 2.42. The lowest BCUT2D eigenvalue weighted by atomic mass is 9.97. The summed E-state index contributed by atoms with van der Waals surface area (Å²) in [5.74, 6) is 0.494. The maximum atomic E-state index is 5.91. The molecule has 2 N–H and O–H groups in total. The van der Waals surface area contributed by atoms with Gasteiger partial charge in [0.15, 0.2) is 0 Å². The minimum Gasteiger partial charge on any atom is -0.378 e. The number of hydrogen-bond donors (Lipinski definition) is 2. The Morgan fingerprint density at radius 1 is 1.20 bits per heavy atom. The van der Waals surface area contributed by atoms with Gasteiger partial charge in [0.25, 0.3) is 0 Å². The summed E-state index contributed by atoms with van der Waals surface area (Å²) in [5.41, 5.74) is 3.83. The van der Waals surface area contributed by atoms with Gasteiger partial charge in [0.2, 0.25) is 0 Å². The van der Waals surface area contributed by atoms with E-state index in [0.717, 1.165) is 58.0 Å². The summed E-state index contributed by atoms with van der Waals surface area (Å²) in [6, 6.07) is 8.67. The van der Waals surface area contributed by atoms with E-state index in [-0.39, 0.29) is 6.10 Å². The van der Waals surface area contributed by atoms with Crippen LogP contribution < -0.4 is 10.2 Å². The molecule has 2 saturated heterocycles. The average molecular weight is 342 g/mol. The third kappa shape index (κ3) is 3.86. The van der Waals surface area contributed by atoms with Crippen molar-refractivity contribution in [2.45, 2.75) is 19.1 Å². The average Bonchev–Trinajstić information content (AvgIpc) is 3.34. The van der Waals surface area contributed by atoms with Crippen LogP contribution in [0, 0.1) is 5.92 Å². The van der Waals surface area contributed by atoms with E-state index in [4.69, 9.17) is 9.47 Å². The first-order chi connectivity index (χ1) is 12.4. The van der Waals surface area contributed by atoms with Gasteiger partial charge in [0.1, 0.15) is 0 Å². The lowest BCUT2D eigenvalue weighted by molar-refractivity contribution is 0.0905. The van der Waals surface area contributed by atoms with E-state index in [0.29, 0.717) is 5.92 Å². The molecule has 0 bridgehead atoms. The number of nitrogens with zero attached hydrogens (tertiary/aromatic N) is 2. The zero-order chi connectivity index (χ0) is 16.9. The van der Waals surface area contributed by atoms with Crippen LogP contribution in [0.2, 0.25) is 0 Å². The van der Waals surface area contributed by atoms with Crippen LogP contribution in [0.1, 0.15) is 23.7 Å². The van der Waals surface area contributed by atoms with Gasteiger partial charge in [-0.1, -0.05) is 18.2 Å². The molecule has 2 aliphatic rings. The van der Waals surface area contributed by atoms with E-state index in [1.54, 1.807) is 0 Å². The molecule has 4 rings (SSSR count). The second kappa shape index (κ2) is 7.99. The van der Waals surface area contributed by atoms with Crippen LogP contribution in [0.4, 0.5) is 5.69 Å². The first-order valence-electron chi connectivity index (χ1n) is 9.13. The van der Waals surface area contributed by atoms with Gasteiger partial charge in [-0.25, -0.2) is 0 Å². The largest absolute Gasteiger partial charge is 0.378 e. The minimum absolute atomic E-state index is 0.153. The summed E-state index contributed by atoms with van der Waals surface area (Å²) >= 11 is 0. The van der Waals surface area contributed by atoms with Gasteiger partial charge in [0.05, 0.1) is 25.5 Å². The van der Waals surface area contributed by atoms with Crippen LogP contribution in [0.15, 0.2) is 36.7 Å². The van der Waals surface area contributed by atoms with Crippen LogP contribution in [-0.4, -0.2) is 49.7 Å². The smallest absolute Gasteiger partial charge is 0.0896 e. The molecule has 2 aliphatic heterocycles. The maximum Gasteiger partial charge on any atom is 0.0896 e. The second-order valence-electron chi connectivity index (χ2n) is 6.73. The normalized spacial score (nSPS) is 23.9. The molecule has 0 spiro atoms. The number of morpholine rings is 1. The number of H-pyrrole nitrogens is 1. The van der Waals surface area contributed by atoms with Crippen LogP contribution in [0.25, 0.3) is 0 Å². The fraction of sp³-hybridized carbons (Fsp3) is 0.526. The molecule has 2 atom stereocenters. The van der Waals surface area contributed by atoms with Crippen molar-refractivity contribution in [3.05, 3.63) is 47.8 Å². The van der Waals surface area contributed by atoms with Crippen molar-refractivity contribution in [3.8, 4) is 0 Å². The van der Waals surface area contributed by atoms with E-state index in [1.807, 2.05) is 12.4 Å². The molecule has 0 amide bonds. The summed E-state index contributed by atoms with van der Waals surface area (Å²) in [7, 11) is 0. The molecule has 1 aromatic carbocycles. The Hall–Kier alpha value is -1.89. The molecule has 2 aromatic rings. The predicted octanol–water partition coefficient (Wildman–Crippen LogP) is 2.11. The number of aromatic amines is 1. The van der Waals surface area contributed by atoms with E-state index >= 15 is 0 Å². The van der Waals surface area contributed by atoms with E-state index in [9.17, 15) is 0 Å². The number of rotatable bonds is 6. The van der Waals surface area contributed by atoms with Gasteiger partial charge in [-0.3, -0.25) is 5.10 Å². The minimum atomic E-state index is 0.153. The fourth-order valence-corrected chi connectivity index (χ4v) is 3.79. The molecule has 0 aliphatic carbocycles. The number of aromatic nitrogens is 2. The fourth-order valence-electron chi connectivity index (χ4n) is 3.79. The Morgan fingerprint density at radius 2 is 2.08 bits per heavy atom. The standard InChI is InChI=1S/C19H26N4O2/c1-2-4-18(23-6-9-24-10-7-23)15(3-1)11-20-12-16-5-8-25-19(16)17-13-21-22-14-17/h1-4,13-14,16,19-20H,5-12H2,(H,21,22)/t16-,19+/m1/s1.